The van der Waals surface area contributed by atoms with Crippen molar-refractivity contribution in [3.05, 3.63) is 0 Å². The summed E-state index contributed by atoms with van der Waals surface area (Å²) in [4.78, 5) is 0. The molecule has 0 bridgehead atoms. The van der Waals surface area contributed by atoms with Crippen molar-refractivity contribution < 1.29 is 10.2 Å². The summed E-state index contributed by atoms with van der Waals surface area (Å²) in [5, 5.41) is 28.4. The first-order valence-corrected chi connectivity index (χ1v) is 5.18. The molecule has 0 heterocycles. The smallest absolute Gasteiger partial charge is 0.185 e. The Hall–Kier alpha value is -0.850. The lowest BCUT2D eigenvalue weighted by atomic mass is 9.74. The normalized spacial score (nSPS) is 36.2. The summed E-state index contributed by atoms with van der Waals surface area (Å²) in [6.45, 7) is -0.0909. The highest BCUT2D eigenvalue weighted by atomic mass is 16.3. The molecule has 0 aromatic rings. The van der Waals surface area contributed by atoms with Gasteiger partial charge in [-0.2, -0.15) is 0 Å². The summed E-state index contributed by atoms with van der Waals surface area (Å²) in [7, 11) is 0. The van der Waals surface area contributed by atoms with E-state index in [9.17, 15) is 10.2 Å². The molecule has 0 aromatic carbocycles. The van der Waals surface area contributed by atoms with Crippen LogP contribution in [0.1, 0.15) is 12.8 Å². The largest absolute Gasteiger partial charge is 0.396 e. The molecule has 0 unspecified atom stereocenters. The van der Waals surface area contributed by atoms with Gasteiger partial charge in [-0.15, -0.1) is 0 Å². The molecule has 1 rings (SSSR count). The van der Waals surface area contributed by atoms with E-state index in [-0.39, 0.29) is 43.1 Å². The number of nitrogens with two attached hydrogens (primary N) is 2. The first-order chi connectivity index (χ1) is 7.10. The standard InChI is InChI=1S/C9H20N4O2/c10-7-1-2-8(13-9(11)12)6(4-15)5(7)3-14/h5-8,14-15H,1-4,10H2,(H4,11,12,13)/t5-,6+,7-,8+/m0/s1. The Kier molecular flexibility index (Phi) is 4.31. The third-order valence-electron chi connectivity index (χ3n) is 3.19. The Labute approximate surface area is 89.2 Å². The highest BCUT2D eigenvalue weighted by Crippen LogP contribution is 2.29. The minimum atomic E-state index is -0.136. The molecule has 6 nitrogen and oxygen atoms in total. The van der Waals surface area contributed by atoms with E-state index in [1.54, 1.807) is 0 Å². The van der Waals surface area contributed by atoms with E-state index in [1.165, 1.54) is 0 Å². The first-order valence-electron chi connectivity index (χ1n) is 5.18. The molecule has 0 spiro atoms. The van der Waals surface area contributed by atoms with E-state index >= 15 is 0 Å². The fraction of sp³-hybridized carbons (Fsp3) is 0.889. The second-order valence-electron chi connectivity index (χ2n) is 4.10. The molecule has 0 saturated heterocycles. The zero-order valence-electron chi connectivity index (χ0n) is 8.69. The molecule has 0 amide bonds. The molecular weight excluding hydrogens is 196 g/mol. The molecule has 4 atom stereocenters. The van der Waals surface area contributed by atoms with E-state index in [0.29, 0.717) is 0 Å². The van der Waals surface area contributed by atoms with E-state index in [1.807, 2.05) is 0 Å². The van der Waals surface area contributed by atoms with E-state index in [0.717, 1.165) is 12.8 Å². The highest BCUT2D eigenvalue weighted by Gasteiger charge is 2.37. The van der Waals surface area contributed by atoms with Crippen LogP contribution in [0.15, 0.2) is 0 Å². The van der Waals surface area contributed by atoms with Gasteiger partial charge in [0.05, 0.1) is 0 Å². The number of hydrogen-bond acceptors (Lipinski definition) is 4. The van der Waals surface area contributed by atoms with Crippen LogP contribution < -0.4 is 16.8 Å². The molecule has 0 aromatic heterocycles. The minimum Gasteiger partial charge on any atom is -0.396 e. The molecule has 0 radical (unpaired) electrons. The fourth-order valence-corrected chi connectivity index (χ4v) is 2.33. The zero-order valence-corrected chi connectivity index (χ0v) is 8.69. The average molecular weight is 216 g/mol. The van der Waals surface area contributed by atoms with E-state index < -0.39 is 0 Å². The number of aliphatic hydroxyl groups excluding tert-OH is 2. The molecule has 1 saturated carbocycles. The van der Waals surface area contributed by atoms with Crippen molar-refractivity contribution in [1.82, 2.24) is 5.32 Å². The molecule has 1 aliphatic carbocycles. The molecular formula is C9H20N4O2. The van der Waals surface area contributed by atoms with Crippen LogP contribution in [0.4, 0.5) is 0 Å². The van der Waals surface area contributed by atoms with Crippen molar-refractivity contribution in [2.24, 2.45) is 23.3 Å². The van der Waals surface area contributed by atoms with Crippen molar-refractivity contribution in [3.8, 4) is 0 Å². The summed E-state index contributed by atoms with van der Waals surface area (Å²) >= 11 is 0. The molecule has 1 aliphatic rings. The topological polar surface area (TPSA) is 128 Å². The van der Waals surface area contributed by atoms with Gasteiger partial charge in [0.25, 0.3) is 0 Å². The van der Waals surface area contributed by atoms with Gasteiger partial charge in [0.15, 0.2) is 5.96 Å². The zero-order chi connectivity index (χ0) is 11.4. The van der Waals surface area contributed by atoms with Crippen LogP contribution in [0.3, 0.4) is 0 Å². The first kappa shape index (κ1) is 12.2. The van der Waals surface area contributed by atoms with Crippen molar-refractivity contribution in [2.75, 3.05) is 13.2 Å². The van der Waals surface area contributed by atoms with E-state index in [4.69, 9.17) is 16.9 Å². The number of rotatable bonds is 3. The fourth-order valence-electron chi connectivity index (χ4n) is 2.33. The maximum Gasteiger partial charge on any atom is 0.185 e. The lowest BCUT2D eigenvalue weighted by molar-refractivity contribution is 0.0535. The molecule has 6 heteroatoms. The second-order valence-corrected chi connectivity index (χ2v) is 4.10. The van der Waals surface area contributed by atoms with Crippen LogP contribution >= 0.6 is 0 Å². The van der Waals surface area contributed by atoms with Crippen LogP contribution in [-0.4, -0.2) is 41.5 Å². The summed E-state index contributed by atoms with van der Waals surface area (Å²) in [5.74, 6) is -0.367. The molecule has 8 N–H and O–H groups in total. The van der Waals surface area contributed by atoms with Gasteiger partial charge in [0, 0.05) is 37.1 Å². The third-order valence-corrected chi connectivity index (χ3v) is 3.19. The van der Waals surface area contributed by atoms with Crippen molar-refractivity contribution >= 4 is 5.96 Å². The maximum atomic E-state index is 9.28. The number of hydrogen-bond donors (Lipinski definition) is 6. The number of nitrogens with one attached hydrogen (secondary N) is 2. The lowest BCUT2D eigenvalue weighted by Gasteiger charge is -2.40. The molecule has 88 valence electrons. The van der Waals surface area contributed by atoms with Crippen molar-refractivity contribution in [1.29, 1.82) is 5.41 Å². The Morgan fingerprint density at radius 2 is 1.87 bits per heavy atom. The third kappa shape index (κ3) is 2.80. The highest BCUT2D eigenvalue weighted by molar-refractivity contribution is 5.74. The van der Waals surface area contributed by atoms with Crippen LogP contribution in [0.25, 0.3) is 0 Å². The summed E-state index contributed by atoms with van der Waals surface area (Å²) in [6, 6.07) is -0.151. The minimum absolute atomic E-state index is 0.0392. The number of aliphatic hydroxyl groups is 2. The lowest BCUT2D eigenvalue weighted by Crippen LogP contribution is -2.55. The average Bonchev–Trinajstić information content (AvgIpc) is 2.19. The maximum absolute atomic E-state index is 9.28. The van der Waals surface area contributed by atoms with Gasteiger partial charge in [0.1, 0.15) is 0 Å². The summed E-state index contributed by atoms with van der Waals surface area (Å²) in [5.41, 5.74) is 11.1. The van der Waals surface area contributed by atoms with Crippen LogP contribution in [0, 0.1) is 17.2 Å². The second kappa shape index (κ2) is 5.29. The Bertz CT molecular complexity index is 224. The Morgan fingerprint density at radius 1 is 1.27 bits per heavy atom. The van der Waals surface area contributed by atoms with Gasteiger partial charge in [-0.3, -0.25) is 5.41 Å². The van der Waals surface area contributed by atoms with Crippen LogP contribution in [0.2, 0.25) is 0 Å². The van der Waals surface area contributed by atoms with Crippen molar-refractivity contribution in [3.63, 3.8) is 0 Å². The Morgan fingerprint density at radius 3 is 2.33 bits per heavy atom. The Balaban J connectivity index is 2.68. The monoisotopic (exact) mass is 216 g/mol. The van der Waals surface area contributed by atoms with Gasteiger partial charge in [-0.25, -0.2) is 0 Å². The van der Waals surface area contributed by atoms with E-state index in [2.05, 4.69) is 5.32 Å². The molecule has 0 aliphatic heterocycles. The van der Waals surface area contributed by atoms with Crippen LogP contribution in [0.5, 0.6) is 0 Å². The van der Waals surface area contributed by atoms with Crippen LogP contribution in [-0.2, 0) is 0 Å². The van der Waals surface area contributed by atoms with Gasteiger partial charge in [-0.1, -0.05) is 0 Å². The molecule has 15 heavy (non-hydrogen) atoms. The predicted octanol–water partition coefficient (Wildman–Crippen LogP) is -1.82. The molecule has 1 fully saturated rings. The quantitative estimate of drug-likeness (QED) is 0.244. The van der Waals surface area contributed by atoms with Crippen molar-refractivity contribution in [2.45, 2.75) is 24.9 Å². The number of guanidine groups is 1. The summed E-state index contributed by atoms with van der Waals surface area (Å²) < 4.78 is 0. The van der Waals surface area contributed by atoms with Gasteiger partial charge in [-0.05, 0) is 12.8 Å². The SMILES string of the molecule is N=C(N)N[C@@H]1CC[C@H](N)[C@@H](CO)[C@H]1CO. The van der Waals surface area contributed by atoms with Gasteiger partial charge >= 0.3 is 0 Å². The summed E-state index contributed by atoms with van der Waals surface area (Å²) in [6.07, 6.45) is 1.54. The van der Waals surface area contributed by atoms with Gasteiger partial charge in [0.2, 0.25) is 0 Å². The predicted molar refractivity (Wildman–Crippen MR) is 57.2 cm³/mol. The van der Waals surface area contributed by atoms with Gasteiger partial charge < -0.3 is 27.0 Å².